The molecule has 2 aromatic rings. The van der Waals surface area contributed by atoms with Crippen LogP contribution in [0.1, 0.15) is 5.82 Å². The lowest BCUT2D eigenvalue weighted by Gasteiger charge is -2.18. The molecule has 6 heteroatoms. The number of hydrogen-bond donors (Lipinski definition) is 0. The summed E-state index contributed by atoms with van der Waals surface area (Å²) in [4.78, 5) is 10.3. The summed E-state index contributed by atoms with van der Waals surface area (Å²) in [5, 5.41) is 1.10. The van der Waals surface area contributed by atoms with Crippen molar-refractivity contribution in [2.75, 3.05) is 25.1 Å². The summed E-state index contributed by atoms with van der Waals surface area (Å²) in [7, 11) is 1.93. The van der Waals surface area contributed by atoms with Gasteiger partial charge in [-0.2, -0.15) is 0 Å². The molecule has 106 valence electrons. The maximum atomic E-state index is 5.92. The molecule has 0 atom stereocenters. The molecule has 0 bridgehead atoms. The summed E-state index contributed by atoms with van der Waals surface area (Å²) in [5.41, 5.74) is 0. The first-order valence-electron chi connectivity index (χ1n) is 6.15. The maximum Gasteiger partial charge on any atom is 0.134 e. The van der Waals surface area contributed by atoms with Gasteiger partial charge in [-0.1, -0.05) is 29.3 Å². The van der Waals surface area contributed by atoms with E-state index in [1.165, 1.54) is 0 Å². The van der Waals surface area contributed by atoms with Crippen LogP contribution in [0.15, 0.2) is 30.3 Å². The Morgan fingerprint density at radius 1 is 1.20 bits per heavy atom. The van der Waals surface area contributed by atoms with Gasteiger partial charge in [0, 0.05) is 18.1 Å². The highest BCUT2D eigenvalue weighted by Gasteiger charge is 2.06. The van der Waals surface area contributed by atoms with Crippen molar-refractivity contribution in [3.05, 3.63) is 46.3 Å². The van der Waals surface area contributed by atoms with E-state index in [2.05, 4.69) is 9.97 Å². The minimum Gasteiger partial charge on any atom is -0.492 e. The van der Waals surface area contributed by atoms with Crippen LogP contribution in [0.4, 0.5) is 5.82 Å². The van der Waals surface area contributed by atoms with Gasteiger partial charge in [0.05, 0.1) is 6.54 Å². The Balaban J connectivity index is 1.90. The van der Waals surface area contributed by atoms with Crippen LogP contribution in [0, 0.1) is 6.92 Å². The van der Waals surface area contributed by atoms with Crippen LogP contribution in [0.5, 0.6) is 5.75 Å². The third kappa shape index (κ3) is 4.25. The molecule has 0 N–H and O–H groups in total. The molecule has 0 aliphatic carbocycles. The summed E-state index contributed by atoms with van der Waals surface area (Å²) < 4.78 is 5.64. The molecule has 0 saturated carbocycles. The van der Waals surface area contributed by atoms with Crippen LogP contribution in [-0.2, 0) is 0 Å². The van der Waals surface area contributed by atoms with Crippen molar-refractivity contribution in [2.45, 2.75) is 6.92 Å². The minimum absolute atomic E-state index is 0.440. The smallest absolute Gasteiger partial charge is 0.134 e. The van der Waals surface area contributed by atoms with E-state index in [0.717, 1.165) is 11.6 Å². The number of likely N-dealkylation sites (N-methyl/N-ethyl adjacent to an activating group) is 1. The molecule has 2 rings (SSSR count). The first-order chi connectivity index (χ1) is 9.54. The van der Waals surface area contributed by atoms with E-state index in [1.54, 1.807) is 12.1 Å². The number of rotatable bonds is 5. The fourth-order valence-corrected chi connectivity index (χ4v) is 2.08. The SMILES string of the molecule is Cc1nc(Cl)cc(N(C)CCOc2cccc(Cl)c2)n1. The Morgan fingerprint density at radius 2 is 2.00 bits per heavy atom. The largest absolute Gasteiger partial charge is 0.492 e. The van der Waals surface area contributed by atoms with Gasteiger partial charge >= 0.3 is 0 Å². The van der Waals surface area contributed by atoms with Crippen molar-refractivity contribution in [3.63, 3.8) is 0 Å². The van der Waals surface area contributed by atoms with Gasteiger partial charge in [0.25, 0.3) is 0 Å². The van der Waals surface area contributed by atoms with Crippen molar-refractivity contribution >= 4 is 29.0 Å². The van der Waals surface area contributed by atoms with Crippen molar-refractivity contribution in [1.29, 1.82) is 0 Å². The zero-order valence-electron chi connectivity index (χ0n) is 11.3. The Kier molecular flexibility index (Phi) is 5.04. The number of aryl methyl sites for hydroxylation is 1. The average Bonchev–Trinajstić information content (AvgIpc) is 2.37. The minimum atomic E-state index is 0.440. The average molecular weight is 312 g/mol. The molecule has 0 amide bonds. The Morgan fingerprint density at radius 3 is 2.70 bits per heavy atom. The van der Waals surface area contributed by atoms with Gasteiger partial charge in [0.15, 0.2) is 0 Å². The van der Waals surface area contributed by atoms with Gasteiger partial charge in [0.1, 0.15) is 29.2 Å². The Hall–Kier alpha value is -1.52. The summed E-state index contributed by atoms with van der Waals surface area (Å²) in [6, 6.07) is 9.06. The van der Waals surface area contributed by atoms with E-state index in [9.17, 15) is 0 Å². The van der Waals surface area contributed by atoms with E-state index in [0.29, 0.717) is 29.2 Å². The molecule has 1 heterocycles. The van der Waals surface area contributed by atoms with E-state index < -0.39 is 0 Å². The van der Waals surface area contributed by atoms with Crippen LogP contribution >= 0.6 is 23.2 Å². The van der Waals surface area contributed by atoms with E-state index >= 15 is 0 Å². The normalized spacial score (nSPS) is 10.4. The molecule has 0 aliphatic heterocycles. The molecule has 0 spiro atoms. The third-order valence-corrected chi connectivity index (χ3v) is 3.10. The Labute approximate surface area is 128 Å². The predicted octanol–water partition coefficient (Wildman–Crippen LogP) is 3.61. The number of aromatic nitrogens is 2. The van der Waals surface area contributed by atoms with E-state index in [1.807, 2.05) is 37.1 Å². The van der Waals surface area contributed by atoms with Gasteiger partial charge in [-0.15, -0.1) is 0 Å². The van der Waals surface area contributed by atoms with Crippen LogP contribution in [-0.4, -0.2) is 30.2 Å². The van der Waals surface area contributed by atoms with E-state index in [4.69, 9.17) is 27.9 Å². The number of halogens is 2. The van der Waals surface area contributed by atoms with Gasteiger partial charge in [-0.25, -0.2) is 9.97 Å². The van der Waals surface area contributed by atoms with Crippen molar-refractivity contribution in [3.8, 4) is 5.75 Å². The van der Waals surface area contributed by atoms with E-state index in [-0.39, 0.29) is 0 Å². The van der Waals surface area contributed by atoms with Crippen LogP contribution in [0.2, 0.25) is 10.2 Å². The van der Waals surface area contributed by atoms with Gasteiger partial charge in [-0.05, 0) is 25.1 Å². The highest BCUT2D eigenvalue weighted by Crippen LogP contribution is 2.18. The molecule has 1 aromatic carbocycles. The third-order valence-electron chi connectivity index (χ3n) is 2.68. The number of nitrogens with zero attached hydrogens (tertiary/aromatic N) is 3. The second-order valence-corrected chi connectivity index (χ2v) is 5.15. The predicted molar refractivity (Wildman–Crippen MR) is 82.0 cm³/mol. The number of ether oxygens (including phenoxy) is 1. The molecule has 0 aliphatic rings. The number of benzene rings is 1. The molecule has 0 saturated heterocycles. The second kappa shape index (κ2) is 6.77. The monoisotopic (exact) mass is 311 g/mol. The molecule has 0 fully saturated rings. The summed E-state index contributed by atoms with van der Waals surface area (Å²) in [5.74, 6) is 2.18. The van der Waals surface area contributed by atoms with Gasteiger partial charge < -0.3 is 9.64 Å². The Bertz CT molecular complexity index is 572. The van der Waals surface area contributed by atoms with Crippen LogP contribution in [0.3, 0.4) is 0 Å². The molecular weight excluding hydrogens is 297 g/mol. The zero-order chi connectivity index (χ0) is 14.5. The molecule has 20 heavy (non-hydrogen) atoms. The first kappa shape index (κ1) is 14.9. The number of hydrogen-bond acceptors (Lipinski definition) is 4. The fourth-order valence-electron chi connectivity index (χ4n) is 1.68. The van der Waals surface area contributed by atoms with Crippen molar-refractivity contribution in [2.24, 2.45) is 0 Å². The van der Waals surface area contributed by atoms with Crippen molar-refractivity contribution < 1.29 is 4.74 Å². The molecule has 0 unspecified atom stereocenters. The molecule has 1 aromatic heterocycles. The van der Waals surface area contributed by atoms with Crippen molar-refractivity contribution in [1.82, 2.24) is 9.97 Å². The first-order valence-corrected chi connectivity index (χ1v) is 6.91. The topological polar surface area (TPSA) is 38.2 Å². The summed E-state index contributed by atoms with van der Waals surface area (Å²) >= 11 is 11.8. The highest BCUT2D eigenvalue weighted by atomic mass is 35.5. The molecule has 0 radical (unpaired) electrons. The zero-order valence-corrected chi connectivity index (χ0v) is 12.8. The second-order valence-electron chi connectivity index (χ2n) is 4.32. The standard InChI is InChI=1S/C14H15Cl2N3O/c1-10-17-13(16)9-14(18-10)19(2)6-7-20-12-5-3-4-11(15)8-12/h3-5,8-9H,6-7H2,1-2H3. The lowest BCUT2D eigenvalue weighted by molar-refractivity contribution is 0.325. The lowest BCUT2D eigenvalue weighted by atomic mass is 10.3. The lowest BCUT2D eigenvalue weighted by Crippen LogP contribution is -2.25. The highest BCUT2D eigenvalue weighted by molar-refractivity contribution is 6.30. The number of anilines is 1. The maximum absolute atomic E-state index is 5.92. The van der Waals surface area contributed by atoms with Crippen LogP contribution < -0.4 is 9.64 Å². The molecule has 4 nitrogen and oxygen atoms in total. The van der Waals surface area contributed by atoms with Gasteiger partial charge in [-0.3, -0.25) is 0 Å². The quantitative estimate of drug-likeness (QED) is 0.791. The molecular formula is C14H15Cl2N3O. The van der Waals surface area contributed by atoms with Crippen LogP contribution in [0.25, 0.3) is 0 Å². The fraction of sp³-hybridized carbons (Fsp3) is 0.286. The summed E-state index contributed by atoms with van der Waals surface area (Å²) in [6.07, 6.45) is 0. The van der Waals surface area contributed by atoms with Gasteiger partial charge in [0.2, 0.25) is 0 Å². The summed E-state index contributed by atoms with van der Waals surface area (Å²) in [6.45, 7) is 3.02.